The summed E-state index contributed by atoms with van der Waals surface area (Å²) in [6.45, 7) is 1.38. The fourth-order valence-electron chi connectivity index (χ4n) is 2.15. The number of nitrogens with two attached hydrogens (primary N) is 1. The Balaban J connectivity index is 2.35. The van der Waals surface area contributed by atoms with Crippen molar-refractivity contribution < 1.29 is 4.74 Å². The predicted octanol–water partition coefficient (Wildman–Crippen LogP) is 0.754. The molecule has 0 radical (unpaired) electrons. The van der Waals surface area contributed by atoms with Crippen molar-refractivity contribution in [2.75, 3.05) is 19.0 Å². The molecule has 2 aromatic rings. The molecule has 0 amide bonds. The number of hydrogen-bond acceptors (Lipinski definition) is 4. The number of hydrogen-bond donors (Lipinski definition) is 3. The number of benzene rings is 1. The lowest BCUT2D eigenvalue weighted by Gasteiger charge is -2.18. The number of nitrogen functional groups attached to an aromatic ring is 1. The molecule has 3 rings (SSSR count). The van der Waals surface area contributed by atoms with Crippen molar-refractivity contribution in [1.29, 1.82) is 5.41 Å². The average molecular weight is 231 g/mol. The highest BCUT2D eigenvalue weighted by molar-refractivity contribution is 6.00. The van der Waals surface area contributed by atoms with Gasteiger partial charge in [0.15, 0.2) is 0 Å². The molecule has 1 aliphatic rings. The van der Waals surface area contributed by atoms with Gasteiger partial charge in [0, 0.05) is 12.6 Å². The molecule has 0 saturated heterocycles. The van der Waals surface area contributed by atoms with Gasteiger partial charge in [0.1, 0.15) is 23.7 Å². The second kappa shape index (κ2) is 3.38. The van der Waals surface area contributed by atoms with Crippen molar-refractivity contribution in [2.45, 2.75) is 6.54 Å². The molecule has 4 N–H and O–H groups in total. The van der Waals surface area contributed by atoms with Gasteiger partial charge in [-0.2, -0.15) is 0 Å². The molecule has 88 valence electrons. The quantitative estimate of drug-likeness (QED) is 0.525. The van der Waals surface area contributed by atoms with Gasteiger partial charge in [-0.25, -0.2) is 4.98 Å². The molecule has 0 unspecified atom stereocenters. The van der Waals surface area contributed by atoms with Gasteiger partial charge < -0.3 is 20.4 Å². The van der Waals surface area contributed by atoms with Crippen molar-refractivity contribution in [3.05, 3.63) is 17.7 Å². The minimum Gasteiger partial charge on any atom is -0.489 e. The van der Waals surface area contributed by atoms with Crippen LogP contribution in [0.5, 0.6) is 5.75 Å². The van der Waals surface area contributed by atoms with E-state index in [0.717, 1.165) is 29.3 Å². The molecule has 17 heavy (non-hydrogen) atoms. The largest absolute Gasteiger partial charge is 0.489 e. The van der Waals surface area contributed by atoms with Crippen LogP contribution in [-0.2, 0) is 6.54 Å². The third kappa shape index (κ3) is 1.33. The molecule has 6 heteroatoms. The lowest BCUT2D eigenvalue weighted by molar-refractivity contribution is 0.288. The maximum absolute atomic E-state index is 7.48. The topological polar surface area (TPSA) is 89.0 Å². The molecule has 0 fully saturated rings. The van der Waals surface area contributed by atoms with E-state index < -0.39 is 0 Å². The van der Waals surface area contributed by atoms with E-state index in [9.17, 15) is 0 Å². The Hall–Kier alpha value is -2.24. The van der Waals surface area contributed by atoms with Crippen molar-refractivity contribution in [1.82, 2.24) is 9.55 Å². The summed E-state index contributed by atoms with van der Waals surface area (Å²) in [5.41, 5.74) is 7.91. The van der Waals surface area contributed by atoms with Gasteiger partial charge in [0.25, 0.3) is 0 Å². The van der Waals surface area contributed by atoms with Gasteiger partial charge >= 0.3 is 0 Å². The van der Waals surface area contributed by atoms with Gasteiger partial charge in [0.2, 0.25) is 5.95 Å². The Morgan fingerprint density at radius 1 is 1.59 bits per heavy atom. The first-order valence-corrected chi connectivity index (χ1v) is 5.40. The Labute approximate surface area is 97.9 Å². The molecule has 0 atom stereocenters. The first-order valence-electron chi connectivity index (χ1n) is 5.40. The van der Waals surface area contributed by atoms with Crippen LogP contribution in [0.4, 0.5) is 5.95 Å². The maximum Gasteiger partial charge on any atom is 0.203 e. The van der Waals surface area contributed by atoms with E-state index in [1.54, 1.807) is 6.07 Å². The molecule has 1 aliphatic heterocycles. The number of amidine groups is 1. The van der Waals surface area contributed by atoms with Gasteiger partial charge in [0.05, 0.1) is 12.1 Å². The SMILES string of the molecule is CNc1nc2cc(C(=N)N)cc3c2n1CCO3. The van der Waals surface area contributed by atoms with Crippen LogP contribution in [0.15, 0.2) is 12.1 Å². The third-order valence-electron chi connectivity index (χ3n) is 2.91. The third-order valence-corrected chi connectivity index (χ3v) is 2.91. The highest BCUT2D eigenvalue weighted by atomic mass is 16.5. The van der Waals surface area contributed by atoms with Crippen LogP contribution in [0.1, 0.15) is 5.56 Å². The normalized spacial score (nSPS) is 13.5. The number of nitrogens with one attached hydrogen (secondary N) is 2. The van der Waals surface area contributed by atoms with E-state index >= 15 is 0 Å². The second-order valence-corrected chi connectivity index (χ2v) is 3.94. The minimum atomic E-state index is 0.0258. The summed E-state index contributed by atoms with van der Waals surface area (Å²) in [6.07, 6.45) is 0. The number of anilines is 1. The summed E-state index contributed by atoms with van der Waals surface area (Å²) >= 11 is 0. The fraction of sp³-hybridized carbons (Fsp3) is 0.273. The van der Waals surface area contributed by atoms with Crippen LogP contribution >= 0.6 is 0 Å². The number of aromatic nitrogens is 2. The zero-order chi connectivity index (χ0) is 12.0. The number of rotatable bonds is 2. The zero-order valence-electron chi connectivity index (χ0n) is 9.45. The van der Waals surface area contributed by atoms with Crippen LogP contribution in [0, 0.1) is 5.41 Å². The summed E-state index contributed by atoms with van der Waals surface area (Å²) in [4.78, 5) is 4.47. The summed E-state index contributed by atoms with van der Waals surface area (Å²) in [5, 5.41) is 10.5. The number of nitrogens with zero attached hydrogens (tertiary/aromatic N) is 2. The summed E-state index contributed by atoms with van der Waals surface area (Å²) in [5.74, 6) is 1.58. The van der Waals surface area contributed by atoms with Crippen molar-refractivity contribution >= 4 is 22.8 Å². The summed E-state index contributed by atoms with van der Waals surface area (Å²) in [7, 11) is 1.84. The van der Waals surface area contributed by atoms with E-state index in [1.165, 1.54) is 0 Å². The molecule has 1 aromatic heterocycles. The van der Waals surface area contributed by atoms with E-state index in [-0.39, 0.29) is 5.84 Å². The highest BCUT2D eigenvalue weighted by Crippen LogP contribution is 2.32. The molecule has 2 heterocycles. The smallest absolute Gasteiger partial charge is 0.203 e. The molecule has 0 aliphatic carbocycles. The molecule has 6 nitrogen and oxygen atoms in total. The van der Waals surface area contributed by atoms with Crippen molar-refractivity contribution in [2.24, 2.45) is 5.73 Å². The van der Waals surface area contributed by atoms with Gasteiger partial charge in [-0.05, 0) is 12.1 Å². The Kier molecular flexibility index (Phi) is 1.98. The number of imidazole rings is 1. The van der Waals surface area contributed by atoms with Crippen LogP contribution in [0.25, 0.3) is 11.0 Å². The summed E-state index contributed by atoms with van der Waals surface area (Å²) in [6, 6.07) is 3.61. The van der Waals surface area contributed by atoms with Crippen LogP contribution < -0.4 is 15.8 Å². The molecular weight excluding hydrogens is 218 g/mol. The first-order chi connectivity index (χ1) is 8.20. The Morgan fingerprint density at radius 2 is 2.41 bits per heavy atom. The van der Waals surface area contributed by atoms with E-state index in [1.807, 2.05) is 13.1 Å². The lowest BCUT2D eigenvalue weighted by atomic mass is 10.1. The molecule has 0 bridgehead atoms. The zero-order valence-corrected chi connectivity index (χ0v) is 9.45. The van der Waals surface area contributed by atoms with Crippen LogP contribution in [0.2, 0.25) is 0 Å². The molecule has 0 saturated carbocycles. The average Bonchev–Trinajstić information content (AvgIpc) is 2.69. The van der Waals surface area contributed by atoms with Gasteiger partial charge in [-0.3, -0.25) is 5.41 Å². The van der Waals surface area contributed by atoms with Gasteiger partial charge in [-0.15, -0.1) is 0 Å². The van der Waals surface area contributed by atoms with Crippen molar-refractivity contribution in [3.8, 4) is 5.75 Å². The highest BCUT2D eigenvalue weighted by Gasteiger charge is 2.19. The van der Waals surface area contributed by atoms with E-state index in [0.29, 0.717) is 12.2 Å². The van der Waals surface area contributed by atoms with Gasteiger partial charge in [-0.1, -0.05) is 0 Å². The Bertz CT molecular complexity index is 616. The van der Waals surface area contributed by atoms with Crippen molar-refractivity contribution in [3.63, 3.8) is 0 Å². The maximum atomic E-state index is 7.48. The van der Waals surface area contributed by atoms with Crippen LogP contribution in [0.3, 0.4) is 0 Å². The van der Waals surface area contributed by atoms with Crippen LogP contribution in [-0.4, -0.2) is 29.0 Å². The lowest BCUT2D eigenvalue weighted by Crippen LogP contribution is -2.17. The monoisotopic (exact) mass is 231 g/mol. The standard InChI is InChI=1S/C11H13N5O/c1-14-11-15-7-4-6(10(12)13)5-8-9(7)16(11)2-3-17-8/h4-5H,2-3H2,1H3,(H3,12,13)(H,14,15). The van der Waals surface area contributed by atoms with E-state index in [4.69, 9.17) is 15.9 Å². The molecule has 1 aromatic carbocycles. The first kappa shape index (κ1) is 9.95. The molecular formula is C11H13N5O. The van der Waals surface area contributed by atoms with E-state index in [2.05, 4.69) is 14.9 Å². The summed E-state index contributed by atoms with van der Waals surface area (Å²) < 4.78 is 7.68. The number of ether oxygens (including phenoxy) is 1. The predicted molar refractivity (Wildman–Crippen MR) is 65.8 cm³/mol. The fourth-order valence-corrected chi connectivity index (χ4v) is 2.15. The second-order valence-electron chi connectivity index (χ2n) is 3.94. The molecule has 0 spiro atoms. The Morgan fingerprint density at radius 3 is 3.12 bits per heavy atom. The minimum absolute atomic E-state index is 0.0258.